The molecular weight excluding hydrogens is 227 g/mol. The van der Waals surface area contributed by atoms with Gasteiger partial charge in [-0.05, 0) is 56.8 Å². The van der Waals surface area contributed by atoms with Gasteiger partial charge in [0.1, 0.15) is 5.82 Å². The van der Waals surface area contributed by atoms with Gasteiger partial charge in [0.25, 0.3) is 0 Å². The van der Waals surface area contributed by atoms with Gasteiger partial charge in [0, 0.05) is 11.1 Å². The van der Waals surface area contributed by atoms with Crippen LogP contribution in [0.15, 0.2) is 18.2 Å². The normalized spacial score (nSPS) is 17.4. The molecule has 1 fully saturated rings. The van der Waals surface area contributed by atoms with Crippen molar-refractivity contribution in [1.82, 2.24) is 10.3 Å². The number of aromatic nitrogens is 1. The minimum Gasteiger partial charge on any atom is -0.356 e. The van der Waals surface area contributed by atoms with Gasteiger partial charge in [-0.3, -0.25) is 0 Å². The molecule has 2 aromatic rings. The topological polar surface area (TPSA) is 27.8 Å². The highest BCUT2D eigenvalue weighted by Gasteiger charge is 2.18. The third-order valence-corrected chi connectivity index (χ3v) is 4.06. The predicted molar refractivity (Wildman–Crippen MR) is 72.3 cm³/mol. The second-order valence-corrected chi connectivity index (χ2v) is 5.29. The SMILES string of the molecule is Cc1[nH]c2c(F)cccc2c1CC1CCNCC1. The number of benzene rings is 1. The summed E-state index contributed by atoms with van der Waals surface area (Å²) < 4.78 is 13.7. The summed E-state index contributed by atoms with van der Waals surface area (Å²) in [7, 11) is 0. The van der Waals surface area contributed by atoms with Crippen molar-refractivity contribution in [2.75, 3.05) is 13.1 Å². The second kappa shape index (κ2) is 4.73. The van der Waals surface area contributed by atoms with E-state index in [0.29, 0.717) is 5.52 Å². The zero-order valence-electron chi connectivity index (χ0n) is 10.7. The van der Waals surface area contributed by atoms with Crippen molar-refractivity contribution in [3.63, 3.8) is 0 Å². The summed E-state index contributed by atoms with van der Waals surface area (Å²) in [4.78, 5) is 3.19. The van der Waals surface area contributed by atoms with Crippen molar-refractivity contribution in [3.8, 4) is 0 Å². The van der Waals surface area contributed by atoms with Crippen molar-refractivity contribution in [3.05, 3.63) is 35.3 Å². The maximum absolute atomic E-state index is 13.7. The molecule has 0 spiro atoms. The van der Waals surface area contributed by atoms with Crippen LogP contribution >= 0.6 is 0 Å². The molecule has 3 heteroatoms. The van der Waals surface area contributed by atoms with Gasteiger partial charge in [-0.15, -0.1) is 0 Å². The second-order valence-electron chi connectivity index (χ2n) is 5.29. The van der Waals surface area contributed by atoms with Crippen LogP contribution in [0.5, 0.6) is 0 Å². The third kappa shape index (κ3) is 2.03. The van der Waals surface area contributed by atoms with Gasteiger partial charge in [-0.25, -0.2) is 4.39 Å². The number of hydrogen-bond donors (Lipinski definition) is 2. The fraction of sp³-hybridized carbons (Fsp3) is 0.467. The first-order chi connectivity index (χ1) is 8.75. The van der Waals surface area contributed by atoms with Gasteiger partial charge in [-0.1, -0.05) is 12.1 Å². The van der Waals surface area contributed by atoms with E-state index in [0.717, 1.165) is 36.5 Å². The molecule has 96 valence electrons. The van der Waals surface area contributed by atoms with E-state index in [-0.39, 0.29) is 5.82 Å². The Labute approximate surface area is 107 Å². The van der Waals surface area contributed by atoms with Crippen LogP contribution in [0.4, 0.5) is 4.39 Å². The quantitative estimate of drug-likeness (QED) is 0.837. The molecule has 1 saturated heterocycles. The van der Waals surface area contributed by atoms with Crippen LogP contribution in [0.2, 0.25) is 0 Å². The summed E-state index contributed by atoms with van der Waals surface area (Å²) in [6.45, 7) is 4.27. The fourth-order valence-electron chi connectivity index (χ4n) is 3.01. The average Bonchev–Trinajstić information content (AvgIpc) is 2.70. The molecule has 0 bridgehead atoms. The molecule has 3 rings (SSSR count). The lowest BCUT2D eigenvalue weighted by atomic mass is 9.90. The van der Waals surface area contributed by atoms with Crippen LogP contribution in [0.1, 0.15) is 24.1 Å². The smallest absolute Gasteiger partial charge is 0.147 e. The zero-order chi connectivity index (χ0) is 12.5. The number of halogens is 1. The number of aromatic amines is 1. The van der Waals surface area contributed by atoms with Gasteiger partial charge in [0.2, 0.25) is 0 Å². The van der Waals surface area contributed by atoms with Gasteiger partial charge < -0.3 is 10.3 Å². The number of hydrogen-bond acceptors (Lipinski definition) is 1. The van der Waals surface area contributed by atoms with Crippen molar-refractivity contribution in [2.24, 2.45) is 5.92 Å². The summed E-state index contributed by atoms with van der Waals surface area (Å²) in [5, 5.41) is 4.45. The van der Waals surface area contributed by atoms with Gasteiger partial charge in [0.15, 0.2) is 0 Å². The molecule has 18 heavy (non-hydrogen) atoms. The Kier molecular flexibility index (Phi) is 3.08. The number of para-hydroxylation sites is 1. The van der Waals surface area contributed by atoms with Crippen LogP contribution in [0, 0.1) is 18.7 Å². The molecule has 0 radical (unpaired) electrons. The molecule has 1 aliphatic heterocycles. The number of rotatable bonds is 2. The largest absolute Gasteiger partial charge is 0.356 e. The highest BCUT2D eigenvalue weighted by molar-refractivity contribution is 5.85. The average molecular weight is 246 g/mol. The molecule has 2 nitrogen and oxygen atoms in total. The molecular formula is C15H19FN2. The number of aryl methyl sites for hydroxylation is 1. The van der Waals surface area contributed by atoms with Crippen LogP contribution in [-0.2, 0) is 6.42 Å². The van der Waals surface area contributed by atoms with Crippen LogP contribution < -0.4 is 5.32 Å². The standard InChI is InChI=1S/C15H19FN2/c1-10-13(9-11-5-7-17-8-6-11)12-3-2-4-14(16)15(12)18-10/h2-4,11,17-18H,5-9H2,1H3. The first kappa shape index (κ1) is 11.7. The van der Waals surface area contributed by atoms with E-state index in [1.54, 1.807) is 6.07 Å². The molecule has 0 atom stereocenters. The summed E-state index contributed by atoms with van der Waals surface area (Å²) in [5.74, 6) is 0.583. The Morgan fingerprint density at radius 1 is 1.28 bits per heavy atom. The number of H-pyrrole nitrogens is 1. The third-order valence-electron chi connectivity index (χ3n) is 4.06. The Hall–Kier alpha value is -1.35. The lowest BCUT2D eigenvalue weighted by Gasteiger charge is -2.22. The van der Waals surface area contributed by atoms with Crippen LogP contribution in [0.25, 0.3) is 10.9 Å². The molecule has 1 aromatic carbocycles. The minimum atomic E-state index is -0.146. The van der Waals surface area contributed by atoms with Gasteiger partial charge >= 0.3 is 0 Å². The van der Waals surface area contributed by atoms with Crippen molar-refractivity contribution in [1.29, 1.82) is 0 Å². The van der Waals surface area contributed by atoms with Crippen molar-refractivity contribution in [2.45, 2.75) is 26.2 Å². The highest BCUT2D eigenvalue weighted by atomic mass is 19.1. The van der Waals surface area contributed by atoms with Crippen molar-refractivity contribution < 1.29 is 4.39 Å². The molecule has 0 unspecified atom stereocenters. The highest BCUT2D eigenvalue weighted by Crippen LogP contribution is 2.28. The molecule has 2 heterocycles. The monoisotopic (exact) mass is 246 g/mol. The fourth-order valence-corrected chi connectivity index (χ4v) is 3.01. The first-order valence-corrected chi connectivity index (χ1v) is 6.72. The zero-order valence-corrected chi connectivity index (χ0v) is 10.7. The van der Waals surface area contributed by atoms with Crippen molar-refractivity contribution >= 4 is 10.9 Å². The predicted octanol–water partition coefficient (Wildman–Crippen LogP) is 3.16. The molecule has 2 N–H and O–H groups in total. The van der Waals surface area contributed by atoms with E-state index in [4.69, 9.17) is 0 Å². The molecule has 0 aliphatic carbocycles. The Bertz CT molecular complexity index is 553. The van der Waals surface area contributed by atoms with E-state index in [2.05, 4.69) is 17.2 Å². The lowest BCUT2D eigenvalue weighted by Crippen LogP contribution is -2.28. The van der Waals surface area contributed by atoms with E-state index in [9.17, 15) is 4.39 Å². The molecule has 0 saturated carbocycles. The van der Waals surface area contributed by atoms with E-state index < -0.39 is 0 Å². The summed E-state index contributed by atoms with van der Waals surface area (Å²) >= 11 is 0. The summed E-state index contributed by atoms with van der Waals surface area (Å²) in [5.41, 5.74) is 3.09. The molecule has 0 amide bonds. The number of piperidine rings is 1. The Morgan fingerprint density at radius 2 is 2.06 bits per heavy atom. The van der Waals surface area contributed by atoms with Gasteiger partial charge in [-0.2, -0.15) is 0 Å². The van der Waals surface area contributed by atoms with E-state index in [1.807, 2.05) is 6.07 Å². The van der Waals surface area contributed by atoms with Gasteiger partial charge in [0.05, 0.1) is 5.52 Å². The lowest BCUT2D eigenvalue weighted by molar-refractivity contribution is 0.373. The first-order valence-electron chi connectivity index (χ1n) is 6.72. The van der Waals surface area contributed by atoms with Crippen LogP contribution in [0.3, 0.4) is 0 Å². The summed E-state index contributed by atoms with van der Waals surface area (Å²) in [6, 6.07) is 5.35. The Balaban J connectivity index is 1.95. The minimum absolute atomic E-state index is 0.146. The van der Waals surface area contributed by atoms with E-state index >= 15 is 0 Å². The number of nitrogens with one attached hydrogen (secondary N) is 2. The maximum Gasteiger partial charge on any atom is 0.147 e. The number of fused-ring (bicyclic) bond motifs is 1. The van der Waals surface area contributed by atoms with E-state index in [1.165, 1.54) is 24.5 Å². The molecule has 1 aliphatic rings. The molecule has 1 aromatic heterocycles. The maximum atomic E-state index is 13.7. The summed E-state index contributed by atoms with van der Waals surface area (Å²) in [6.07, 6.45) is 3.51. The Morgan fingerprint density at radius 3 is 2.83 bits per heavy atom. The van der Waals surface area contributed by atoms with Crippen LogP contribution in [-0.4, -0.2) is 18.1 Å².